The van der Waals surface area contributed by atoms with E-state index in [2.05, 4.69) is 10.1 Å². The molecule has 17 heavy (non-hydrogen) atoms. The van der Waals surface area contributed by atoms with Crippen LogP contribution in [0.25, 0.3) is 11.5 Å². The van der Waals surface area contributed by atoms with Crippen LogP contribution in [0.15, 0.2) is 22.7 Å². The van der Waals surface area contributed by atoms with Crippen LogP contribution < -0.4 is 5.73 Å². The smallest absolute Gasteiger partial charge is 0.258 e. The Morgan fingerprint density at radius 2 is 2.18 bits per heavy atom. The number of rotatable bonds is 2. The molecule has 1 saturated carbocycles. The highest BCUT2D eigenvalue weighted by Gasteiger charge is 2.25. The van der Waals surface area contributed by atoms with E-state index in [0.717, 1.165) is 18.7 Å². The van der Waals surface area contributed by atoms with Gasteiger partial charge in [-0.05, 0) is 31.0 Å². The minimum atomic E-state index is -0.467. The average molecular weight is 233 g/mol. The van der Waals surface area contributed by atoms with E-state index in [1.165, 1.54) is 18.6 Å². The van der Waals surface area contributed by atoms with Gasteiger partial charge in [-0.1, -0.05) is 11.6 Å². The van der Waals surface area contributed by atoms with Crippen LogP contribution in [-0.4, -0.2) is 10.1 Å². The highest BCUT2D eigenvalue weighted by Crippen LogP contribution is 2.35. The molecule has 1 aliphatic rings. The van der Waals surface area contributed by atoms with Gasteiger partial charge >= 0.3 is 0 Å². The van der Waals surface area contributed by atoms with E-state index in [1.54, 1.807) is 6.07 Å². The monoisotopic (exact) mass is 233 g/mol. The summed E-state index contributed by atoms with van der Waals surface area (Å²) in [6.45, 7) is 0. The van der Waals surface area contributed by atoms with Crippen LogP contribution in [0.4, 0.5) is 10.1 Å². The Labute approximate surface area is 97.6 Å². The number of benzene rings is 1. The third kappa shape index (κ3) is 1.77. The van der Waals surface area contributed by atoms with Crippen LogP contribution in [0.1, 0.15) is 31.0 Å². The number of nitrogens with zero attached hydrogens (tertiary/aromatic N) is 2. The van der Waals surface area contributed by atoms with Gasteiger partial charge in [-0.2, -0.15) is 4.98 Å². The molecule has 0 radical (unpaired) electrons. The van der Waals surface area contributed by atoms with Crippen molar-refractivity contribution in [2.75, 3.05) is 5.73 Å². The van der Waals surface area contributed by atoms with Gasteiger partial charge in [0.1, 0.15) is 5.82 Å². The van der Waals surface area contributed by atoms with Gasteiger partial charge < -0.3 is 10.3 Å². The van der Waals surface area contributed by atoms with Crippen molar-refractivity contribution in [2.24, 2.45) is 0 Å². The molecular weight excluding hydrogens is 221 g/mol. The lowest BCUT2D eigenvalue weighted by atomic mass is 9.85. The molecule has 0 spiro atoms. The van der Waals surface area contributed by atoms with Crippen molar-refractivity contribution in [3.8, 4) is 11.5 Å². The van der Waals surface area contributed by atoms with Crippen molar-refractivity contribution in [1.29, 1.82) is 0 Å². The molecule has 1 heterocycles. The standard InChI is InChI=1S/C12H12FN3O/c13-9-6-8(4-5-10(9)14)12-15-11(16-17-12)7-2-1-3-7/h4-7H,1-3,14H2. The second-order valence-electron chi connectivity index (χ2n) is 4.32. The summed E-state index contributed by atoms with van der Waals surface area (Å²) in [5.74, 6) is 1.02. The molecule has 1 aromatic heterocycles. The first-order valence-corrected chi connectivity index (χ1v) is 5.63. The number of anilines is 1. The Morgan fingerprint density at radius 1 is 1.35 bits per heavy atom. The van der Waals surface area contributed by atoms with Gasteiger partial charge in [0.05, 0.1) is 5.69 Å². The number of nitrogen functional groups attached to an aromatic ring is 1. The topological polar surface area (TPSA) is 64.9 Å². The molecule has 4 nitrogen and oxygen atoms in total. The van der Waals surface area contributed by atoms with Crippen LogP contribution in [-0.2, 0) is 0 Å². The fraction of sp³-hybridized carbons (Fsp3) is 0.333. The predicted molar refractivity (Wildman–Crippen MR) is 60.7 cm³/mol. The maximum absolute atomic E-state index is 13.3. The number of nitrogens with two attached hydrogens (primary N) is 1. The molecule has 0 amide bonds. The number of halogens is 1. The lowest BCUT2D eigenvalue weighted by molar-refractivity contribution is 0.366. The van der Waals surface area contributed by atoms with Gasteiger partial charge in [-0.15, -0.1) is 0 Å². The lowest BCUT2D eigenvalue weighted by Gasteiger charge is -2.20. The third-order valence-corrected chi connectivity index (χ3v) is 3.16. The third-order valence-electron chi connectivity index (χ3n) is 3.16. The first kappa shape index (κ1) is 10.3. The fourth-order valence-electron chi connectivity index (χ4n) is 1.84. The van der Waals surface area contributed by atoms with Crippen molar-refractivity contribution in [3.05, 3.63) is 29.8 Å². The molecule has 1 aromatic carbocycles. The Bertz CT molecular complexity index is 548. The van der Waals surface area contributed by atoms with Crippen molar-refractivity contribution in [2.45, 2.75) is 25.2 Å². The summed E-state index contributed by atoms with van der Waals surface area (Å²) >= 11 is 0. The summed E-state index contributed by atoms with van der Waals surface area (Å²) in [5.41, 5.74) is 6.09. The van der Waals surface area contributed by atoms with E-state index < -0.39 is 5.82 Å². The lowest BCUT2D eigenvalue weighted by Crippen LogP contribution is -2.10. The van der Waals surface area contributed by atoms with Crippen LogP contribution in [0, 0.1) is 5.82 Å². The van der Waals surface area contributed by atoms with E-state index in [4.69, 9.17) is 10.3 Å². The average Bonchev–Trinajstić information content (AvgIpc) is 2.69. The summed E-state index contributed by atoms with van der Waals surface area (Å²) in [4.78, 5) is 4.29. The summed E-state index contributed by atoms with van der Waals surface area (Å²) in [7, 11) is 0. The molecular formula is C12H12FN3O. The zero-order valence-electron chi connectivity index (χ0n) is 9.19. The first-order chi connectivity index (χ1) is 8.24. The highest BCUT2D eigenvalue weighted by molar-refractivity contribution is 5.57. The molecule has 1 fully saturated rings. The zero-order chi connectivity index (χ0) is 11.8. The normalized spacial score (nSPS) is 15.8. The van der Waals surface area contributed by atoms with E-state index >= 15 is 0 Å². The summed E-state index contributed by atoms with van der Waals surface area (Å²) in [5, 5.41) is 3.93. The van der Waals surface area contributed by atoms with E-state index in [1.807, 2.05) is 0 Å². The van der Waals surface area contributed by atoms with Crippen molar-refractivity contribution < 1.29 is 8.91 Å². The second-order valence-corrected chi connectivity index (χ2v) is 4.32. The van der Waals surface area contributed by atoms with Crippen LogP contribution >= 0.6 is 0 Å². The maximum atomic E-state index is 13.3. The maximum Gasteiger partial charge on any atom is 0.258 e. The molecule has 0 bridgehead atoms. The molecule has 2 aromatic rings. The van der Waals surface area contributed by atoms with Gasteiger partial charge in [0.25, 0.3) is 5.89 Å². The molecule has 0 atom stereocenters. The molecule has 88 valence electrons. The van der Waals surface area contributed by atoms with E-state index in [-0.39, 0.29) is 5.69 Å². The summed E-state index contributed by atoms with van der Waals surface area (Å²) < 4.78 is 18.4. The van der Waals surface area contributed by atoms with E-state index in [0.29, 0.717) is 17.4 Å². The van der Waals surface area contributed by atoms with Crippen LogP contribution in [0.5, 0.6) is 0 Å². The van der Waals surface area contributed by atoms with Crippen molar-refractivity contribution >= 4 is 5.69 Å². The Balaban J connectivity index is 1.92. The molecule has 5 heteroatoms. The molecule has 2 N–H and O–H groups in total. The highest BCUT2D eigenvalue weighted by atomic mass is 19.1. The molecule has 0 aliphatic heterocycles. The van der Waals surface area contributed by atoms with Gasteiger partial charge in [-0.3, -0.25) is 0 Å². The Hall–Kier alpha value is -1.91. The summed E-state index contributed by atoms with van der Waals surface area (Å²) in [6, 6.07) is 4.49. The number of aromatic nitrogens is 2. The minimum Gasteiger partial charge on any atom is -0.396 e. The minimum absolute atomic E-state index is 0.118. The number of hydrogen-bond donors (Lipinski definition) is 1. The van der Waals surface area contributed by atoms with Crippen LogP contribution in [0.2, 0.25) is 0 Å². The molecule has 1 aliphatic carbocycles. The van der Waals surface area contributed by atoms with E-state index in [9.17, 15) is 4.39 Å². The molecule has 0 unspecified atom stereocenters. The van der Waals surface area contributed by atoms with Gasteiger partial charge in [0.2, 0.25) is 0 Å². The predicted octanol–water partition coefficient (Wildman–Crippen LogP) is 2.73. The first-order valence-electron chi connectivity index (χ1n) is 5.63. The van der Waals surface area contributed by atoms with Crippen LogP contribution in [0.3, 0.4) is 0 Å². The van der Waals surface area contributed by atoms with Gasteiger partial charge in [-0.25, -0.2) is 4.39 Å². The summed E-state index contributed by atoms with van der Waals surface area (Å²) in [6.07, 6.45) is 3.43. The fourth-order valence-corrected chi connectivity index (χ4v) is 1.84. The molecule has 3 rings (SSSR count). The van der Waals surface area contributed by atoms with Crippen molar-refractivity contribution in [1.82, 2.24) is 10.1 Å². The van der Waals surface area contributed by atoms with Gasteiger partial charge in [0, 0.05) is 11.5 Å². The van der Waals surface area contributed by atoms with Crippen molar-refractivity contribution in [3.63, 3.8) is 0 Å². The Kier molecular flexibility index (Phi) is 2.31. The zero-order valence-corrected chi connectivity index (χ0v) is 9.19. The second kappa shape index (κ2) is 3.84. The quantitative estimate of drug-likeness (QED) is 0.810. The largest absolute Gasteiger partial charge is 0.396 e. The SMILES string of the molecule is Nc1ccc(-c2nc(C3CCC3)no2)cc1F. The Morgan fingerprint density at radius 3 is 2.82 bits per heavy atom. The number of hydrogen-bond acceptors (Lipinski definition) is 4. The molecule has 0 saturated heterocycles. The van der Waals surface area contributed by atoms with Gasteiger partial charge in [0.15, 0.2) is 5.82 Å².